The molecule has 0 aromatic heterocycles. The van der Waals surface area contributed by atoms with E-state index in [2.05, 4.69) is 10.5 Å². The first-order chi connectivity index (χ1) is 16.1. The van der Waals surface area contributed by atoms with Crippen LogP contribution in [-0.4, -0.2) is 31.5 Å². The van der Waals surface area contributed by atoms with E-state index in [1.807, 2.05) is 6.92 Å². The van der Waals surface area contributed by atoms with Gasteiger partial charge < -0.3 is 18.9 Å². The molecule has 0 bridgehead atoms. The summed E-state index contributed by atoms with van der Waals surface area (Å²) in [6.07, 6.45) is 2.41. The molecule has 1 N–H and O–H groups in total. The minimum atomic E-state index is -0.463. The first-order valence-corrected chi connectivity index (χ1v) is 10.4. The highest BCUT2D eigenvalue weighted by Gasteiger charge is 2.16. The molecule has 8 heteroatoms. The summed E-state index contributed by atoms with van der Waals surface area (Å²) in [5.41, 5.74) is 4.02. The summed E-state index contributed by atoms with van der Waals surface area (Å²) in [6.45, 7) is 2.80. The Morgan fingerprint density at radius 2 is 1.64 bits per heavy atom. The molecule has 1 aliphatic rings. The Kier molecular flexibility index (Phi) is 6.84. The first kappa shape index (κ1) is 21.9. The Bertz CT molecular complexity index is 1160. The van der Waals surface area contributed by atoms with Crippen LogP contribution in [0.25, 0.3) is 0 Å². The van der Waals surface area contributed by atoms with Crippen molar-refractivity contribution in [3.8, 4) is 23.0 Å². The average molecular weight is 446 g/mol. The van der Waals surface area contributed by atoms with Gasteiger partial charge in [-0.15, -0.1) is 0 Å². The van der Waals surface area contributed by atoms with E-state index in [1.165, 1.54) is 6.21 Å². The van der Waals surface area contributed by atoms with Crippen LogP contribution in [0.1, 0.15) is 39.6 Å². The molecule has 8 nitrogen and oxygen atoms in total. The highest BCUT2D eigenvalue weighted by atomic mass is 16.7. The smallest absolute Gasteiger partial charge is 0.343 e. The Morgan fingerprint density at radius 3 is 2.39 bits per heavy atom. The number of rotatable bonds is 8. The summed E-state index contributed by atoms with van der Waals surface area (Å²) in [5, 5.41) is 3.96. The lowest BCUT2D eigenvalue weighted by atomic mass is 10.2. The molecule has 0 saturated heterocycles. The second-order valence-corrected chi connectivity index (χ2v) is 7.10. The van der Waals surface area contributed by atoms with Crippen LogP contribution >= 0.6 is 0 Å². The largest absolute Gasteiger partial charge is 0.494 e. The van der Waals surface area contributed by atoms with Crippen molar-refractivity contribution in [2.24, 2.45) is 5.10 Å². The van der Waals surface area contributed by atoms with Crippen LogP contribution in [0, 0.1) is 0 Å². The molecule has 0 radical (unpaired) electrons. The number of fused-ring (bicyclic) bond motifs is 1. The van der Waals surface area contributed by atoms with E-state index < -0.39 is 5.97 Å². The molecule has 0 aliphatic carbocycles. The summed E-state index contributed by atoms with van der Waals surface area (Å²) in [7, 11) is 0. The fourth-order valence-corrected chi connectivity index (χ4v) is 2.96. The predicted molar refractivity (Wildman–Crippen MR) is 121 cm³/mol. The van der Waals surface area contributed by atoms with Crippen LogP contribution in [-0.2, 0) is 0 Å². The molecule has 33 heavy (non-hydrogen) atoms. The van der Waals surface area contributed by atoms with E-state index >= 15 is 0 Å². The molecule has 4 rings (SSSR count). The van der Waals surface area contributed by atoms with Crippen LogP contribution in [0.15, 0.2) is 71.8 Å². The summed E-state index contributed by atoms with van der Waals surface area (Å²) >= 11 is 0. The summed E-state index contributed by atoms with van der Waals surface area (Å²) in [6, 6.07) is 18.5. The van der Waals surface area contributed by atoms with Crippen LogP contribution in [0.5, 0.6) is 23.0 Å². The lowest BCUT2D eigenvalue weighted by molar-refractivity contribution is 0.0734. The quantitative estimate of drug-likeness (QED) is 0.241. The summed E-state index contributed by atoms with van der Waals surface area (Å²) < 4.78 is 21.4. The molecule has 0 atom stereocenters. The molecular formula is C25H22N2O6. The first-order valence-electron chi connectivity index (χ1n) is 10.4. The second-order valence-electron chi connectivity index (χ2n) is 7.10. The molecule has 1 heterocycles. The van der Waals surface area contributed by atoms with E-state index in [-0.39, 0.29) is 12.7 Å². The van der Waals surface area contributed by atoms with Gasteiger partial charge in [-0.2, -0.15) is 5.10 Å². The van der Waals surface area contributed by atoms with E-state index in [0.717, 1.165) is 12.0 Å². The highest BCUT2D eigenvalue weighted by molar-refractivity contribution is 5.95. The molecule has 0 spiro atoms. The van der Waals surface area contributed by atoms with E-state index in [9.17, 15) is 9.59 Å². The minimum absolute atomic E-state index is 0.143. The molecule has 1 amide bonds. The lowest BCUT2D eigenvalue weighted by Crippen LogP contribution is -2.17. The molecular weight excluding hydrogens is 424 g/mol. The normalized spacial score (nSPS) is 11.9. The number of esters is 1. The number of hydrogen-bond acceptors (Lipinski definition) is 7. The number of carbonyl (C=O) groups excluding carboxylic acids is 2. The van der Waals surface area contributed by atoms with Crippen molar-refractivity contribution in [3.05, 3.63) is 83.4 Å². The number of carbonyl (C=O) groups is 2. The van der Waals surface area contributed by atoms with Gasteiger partial charge in [0.15, 0.2) is 11.5 Å². The van der Waals surface area contributed by atoms with Crippen LogP contribution < -0.4 is 24.4 Å². The SMILES string of the molecule is CCCOc1ccc(C(=O)Oc2ccc(/C=N/NC(=O)c3ccc4c(c3)OCO4)cc2)cc1. The Hall–Kier alpha value is -4.33. The van der Waals surface area contributed by atoms with Crippen molar-refractivity contribution in [2.75, 3.05) is 13.4 Å². The number of nitrogens with one attached hydrogen (secondary N) is 1. The molecule has 3 aromatic carbocycles. The number of hydrogen-bond donors (Lipinski definition) is 1. The molecule has 168 valence electrons. The van der Waals surface area contributed by atoms with E-state index in [0.29, 0.717) is 40.7 Å². The fraction of sp³-hybridized carbons (Fsp3) is 0.160. The lowest BCUT2D eigenvalue weighted by Gasteiger charge is -2.07. The fourth-order valence-electron chi connectivity index (χ4n) is 2.96. The van der Waals surface area contributed by atoms with Gasteiger partial charge >= 0.3 is 5.97 Å². The number of hydrazone groups is 1. The van der Waals surface area contributed by atoms with Gasteiger partial charge in [0.05, 0.1) is 18.4 Å². The van der Waals surface area contributed by atoms with Crippen molar-refractivity contribution in [3.63, 3.8) is 0 Å². The second kappa shape index (κ2) is 10.3. The van der Waals surface area contributed by atoms with Crippen molar-refractivity contribution >= 4 is 18.1 Å². The third kappa shape index (κ3) is 5.68. The summed E-state index contributed by atoms with van der Waals surface area (Å²) in [4.78, 5) is 24.6. The predicted octanol–water partition coefficient (Wildman–Crippen LogP) is 4.19. The standard InChI is InChI=1S/C25H22N2O6/c1-2-13-30-20-10-5-18(6-11-20)25(29)33-21-8-3-17(4-9-21)15-26-27-24(28)19-7-12-22-23(14-19)32-16-31-22/h3-12,14-15H,2,13,16H2,1H3,(H,27,28)/b26-15+. The minimum Gasteiger partial charge on any atom is -0.494 e. The van der Waals surface area contributed by atoms with Gasteiger partial charge in [0.1, 0.15) is 11.5 Å². The molecule has 0 unspecified atom stereocenters. The number of nitrogens with zero attached hydrogens (tertiary/aromatic N) is 1. The Balaban J connectivity index is 1.29. The van der Waals surface area contributed by atoms with Gasteiger partial charge in [-0.1, -0.05) is 6.92 Å². The third-order valence-corrected chi connectivity index (χ3v) is 4.67. The maximum absolute atomic E-state index is 12.3. The highest BCUT2D eigenvalue weighted by Crippen LogP contribution is 2.32. The molecule has 0 saturated carbocycles. The van der Waals surface area contributed by atoms with Gasteiger partial charge in [0.2, 0.25) is 6.79 Å². The average Bonchev–Trinajstić information content (AvgIpc) is 3.32. The number of benzene rings is 3. The van der Waals surface area contributed by atoms with Gasteiger partial charge in [-0.3, -0.25) is 4.79 Å². The van der Waals surface area contributed by atoms with Crippen molar-refractivity contribution < 1.29 is 28.5 Å². The van der Waals surface area contributed by atoms with Gasteiger partial charge in [-0.05, 0) is 78.7 Å². The zero-order valence-electron chi connectivity index (χ0n) is 17.9. The van der Waals surface area contributed by atoms with Crippen molar-refractivity contribution in [2.45, 2.75) is 13.3 Å². The number of amides is 1. The Labute approximate surface area is 190 Å². The topological polar surface area (TPSA) is 95.5 Å². The maximum Gasteiger partial charge on any atom is 0.343 e. The van der Waals surface area contributed by atoms with Gasteiger partial charge in [0.25, 0.3) is 5.91 Å². The van der Waals surface area contributed by atoms with Gasteiger partial charge in [0, 0.05) is 5.56 Å². The number of ether oxygens (including phenoxy) is 4. The molecule has 0 fully saturated rings. The van der Waals surface area contributed by atoms with Gasteiger partial charge in [-0.25, -0.2) is 10.2 Å². The van der Waals surface area contributed by atoms with Crippen molar-refractivity contribution in [1.29, 1.82) is 0 Å². The van der Waals surface area contributed by atoms with Crippen LogP contribution in [0.2, 0.25) is 0 Å². The van der Waals surface area contributed by atoms with E-state index in [4.69, 9.17) is 18.9 Å². The molecule has 3 aromatic rings. The monoisotopic (exact) mass is 446 g/mol. The zero-order valence-corrected chi connectivity index (χ0v) is 17.9. The van der Waals surface area contributed by atoms with E-state index in [1.54, 1.807) is 66.7 Å². The summed E-state index contributed by atoms with van der Waals surface area (Å²) in [5.74, 6) is 1.40. The third-order valence-electron chi connectivity index (χ3n) is 4.67. The molecule has 1 aliphatic heterocycles. The van der Waals surface area contributed by atoms with Crippen LogP contribution in [0.4, 0.5) is 0 Å². The zero-order chi connectivity index (χ0) is 23.0. The maximum atomic E-state index is 12.3. The van der Waals surface area contributed by atoms with Crippen LogP contribution in [0.3, 0.4) is 0 Å². The van der Waals surface area contributed by atoms with Crippen molar-refractivity contribution in [1.82, 2.24) is 5.43 Å². The Morgan fingerprint density at radius 1 is 0.939 bits per heavy atom.